The van der Waals surface area contributed by atoms with Gasteiger partial charge in [-0.2, -0.15) is 0 Å². The molecule has 4 N–H and O–H groups in total. The van der Waals surface area contributed by atoms with E-state index in [9.17, 15) is 4.79 Å². The van der Waals surface area contributed by atoms with Gasteiger partial charge in [-0.3, -0.25) is 4.79 Å². The van der Waals surface area contributed by atoms with Crippen LogP contribution in [0.1, 0.15) is 55.8 Å². The van der Waals surface area contributed by atoms with Crippen molar-refractivity contribution in [3.63, 3.8) is 0 Å². The molecular formula is C26H31ClN4O. The van der Waals surface area contributed by atoms with Crippen molar-refractivity contribution in [2.75, 3.05) is 25.0 Å². The van der Waals surface area contributed by atoms with Crippen LogP contribution in [0.25, 0.3) is 11.3 Å². The van der Waals surface area contributed by atoms with Crippen LogP contribution in [0.3, 0.4) is 0 Å². The van der Waals surface area contributed by atoms with Crippen LogP contribution >= 0.6 is 11.6 Å². The Morgan fingerprint density at radius 1 is 1.25 bits per heavy atom. The minimum absolute atomic E-state index is 0.137. The number of carbonyl (C=O) groups is 1. The third-order valence-corrected chi connectivity index (χ3v) is 6.50. The van der Waals surface area contributed by atoms with Gasteiger partial charge in [-0.25, -0.2) is 0 Å². The number of hydrogen-bond donors (Lipinski definition) is 3. The number of benzene rings is 2. The van der Waals surface area contributed by atoms with Crippen LogP contribution in [0.5, 0.6) is 0 Å². The van der Waals surface area contributed by atoms with Crippen molar-refractivity contribution in [2.45, 2.75) is 39.2 Å². The highest BCUT2D eigenvalue weighted by atomic mass is 35.5. The van der Waals surface area contributed by atoms with Gasteiger partial charge in [0.25, 0.3) is 0 Å². The van der Waals surface area contributed by atoms with Crippen LogP contribution < -0.4 is 16.4 Å². The molecule has 168 valence electrons. The van der Waals surface area contributed by atoms with E-state index in [1.807, 2.05) is 43.0 Å². The van der Waals surface area contributed by atoms with Crippen molar-refractivity contribution in [1.82, 2.24) is 10.2 Å². The minimum atomic E-state index is 0.137. The maximum absolute atomic E-state index is 12.0. The second-order valence-corrected chi connectivity index (χ2v) is 8.89. The number of carbonyl (C=O) groups excluding carboxylic acids is 1. The van der Waals surface area contributed by atoms with Crippen molar-refractivity contribution >= 4 is 34.5 Å². The fraction of sp³-hybridized carbons (Fsp3) is 0.346. The zero-order chi connectivity index (χ0) is 22.7. The second kappa shape index (κ2) is 9.70. The SMILES string of the molecule is CCC(=O)N1CC=C(c2ccc3c(c2)C(Nc2ccc(Cl)cc2)CCN/C3=C(/C)N)CC1. The molecule has 0 aromatic heterocycles. The average Bonchev–Trinajstić information content (AvgIpc) is 2.99. The largest absolute Gasteiger partial charge is 0.401 e. The molecule has 0 fully saturated rings. The lowest BCUT2D eigenvalue weighted by Crippen LogP contribution is -2.34. The molecule has 2 aromatic rings. The molecule has 0 spiro atoms. The summed E-state index contributed by atoms with van der Waals surface area (Å²) >= 11 is 6.07. The van der Waals surface area contributed by atoms with Gasteiger partial charge in [-0.1, -0.05) is 36.7 Å². The molecule has 2 aromatic carbocycles. The Hall–Kier alpha value is -2.92. The van der Waals surface area contributed by atoms with Gasteiger partial charge in [-0.15, -0.1) is 0 Å². The molecule has 5 nitrogen and oxygen atoms in total. The molecule has 32 heavy (non-hydrogen) atoms. The number of allylic oxidation sites excluding steroid dienone is 1. The molecule has 6 heteroatoms. The van der Waals surface area contributed by atoms with Crippen LogP contribution in [-0.4, -0.2) is 30.4 Å². The van der Waals surface area contributed by atoms with E-state index in [4.69, 9.17) is 17.3 Å². The molecule has 0 saturated carbocycles. The van der Waals surface area contributed by atoms with E-state index < -0.39 is 0 Å². The fourth-order valence-electron chi connectivity index (χ4n) is 4.50. The normalized spacial score (nSPS) is 19.9. The van der Waals surface area contributed by atoms with E-state index in [0.717, 1.165) is 53.6 Å². The van der Waals surface area contributed by atoms with Crippen molar-refractivity contribution < 1.29 is 4.79 Å². The maximum Gasteiger partial charge on any atom is 0.222 e. The number of halogens is 1. The summed E-state index contributed by atoms with van der Waals surface area (Å²) in [5.74, 6) is 0.216. The molecule has 0 saturated heterocycles. The molecule has 0 radical (unpaired) electrons. The Labute approximate surface area is 195 Å². The van der Waals surface area contributed by atoms with E-state index >= 15 is 0 Å². The van der Waals surface area contributed by atoms with Crippen LogP contribution in [0.2, 0.25) is 5.02 Å². The van der Waals surface area contributed by atoms with Crippen molar-refractivity contribution in [1.29, 1.82) is 0 Å². The molecular weight excluding hydrogens is 420 g/mol. The number of hydrogen-bond acceptors (Lipinski definition) is 4. The lowest BCUT2D eigenvalue weighted by molar-refractivity contribution is -0.130. The molecule has 2 heterocycles. The molecule has 2 aliphatic heterocycles. The summed E-state index contributed by atoms with van der Waals surface area (Å²) in [5, 5.41) is 7.94. The molecule has 1 amide bonds. The van der Waals surface area contributed by atoms with Gasteiger partial charge in [-0.05, 0) is 66.8 Å². The van der Waals surface area contributed by atoms with Crippen molar-refractivity contribution in [3.8, 4) is 0 Å². The van der Waals surface area contributed by atoms with E-state index in [0.29, 0.717) is 13.0 Å². The first kappa shape index (κ1) is 22.3. The number of anilines is 1. The van der Waals surface area contributed by atoms with Gasteiger partial charge in [0.2, 0.25) is 5.91 Å². The zero-order valence-electron chi connectivity index (χ0n) is 18.7. The number of nitrogens with one attached hydrogen (secondary N) is 2. The lowest BCUT2D eigenvalue weighted by Gasteiger charge is -2.27. The highest BCUT2D eigenvalue weighted by molar-refractivity contribution is 6.30. The van der Waals surface area contributed by atoms with Crippen LogP contribution in [0.15, 0.2) is 54.2 Å². The summed E-state index contributed by atoms with van der Waals surface area (Å²) in [6, 6.07) is 14.6. The monoisotopic (exact) mass is 450 g/mol. The predicted molar refractivity (Wildman–Crippen MR) is 133 cm³/mol. The molecule has 2 aliphatic rings. The summed E-state index contributed by atoms with van der Waals surface area (Å²) < 4.78 is 0. The van der Waals surface area contributed by atoms with Gasteiger partial charge < -0.3 is 21.3 Å². The minimum Gasteiger partial charge on any atom is -0.401 e. The van der Waals surface area contributed by atoms with E-state index in [2.05, 4.69) is 34.9 Å². The first-order chi connectivity index (χ1) is 15.5. The maximum atomic E-state index is 12.0. The predicted octanol–water partition coefficient (Wildman–Crippen LogP) is 5.16. The number of rotatable bonds is 4. The highest BCUT2D eigenvalue weighted by Crippen LogP contribution is 2.35. The van der Waals surface area contributed by atoms with Crippen LogP contribution in [-0.2, 0) is 4.79 Å². The molecule has 1 atom stereocenters. The quantitative estimate of drug-likeness (QED) is 0.601. The Kier molecular flexibility index (Phi) is 6.75. The van der Waals surface area contributed by atoms with Gasteiger partial charge in [0, 0.05) is 48.0 Å². The second-order valence-electron chi connectivity index (χ2n) is 8.45. The topological polar surface area (TPSA) is 70.4 Å². The summed E-state index contributed by atoms with van der Waals surface area (Å²) in [6.07, 6.45) is 4.55. The Morgan fingerprint density at radius 2 is 2.03 bits per heavy atom. The summed E-state index contributed by atoms with van der Waals surface area (Å²) in [7, 11) is 0. The first-order valence-corrected chi connectivity index (χ1v) is 11.7. The molecule has 4 rings (SSSR count). The molecule has 0 aliphatic carbocycles. The Bertz CT molecular complexity index is 1050. The summed E-state index contributed by atoms with van der Waals surface area (Å²) in [5.41, 5.74) is 13.9. The first-order valence-electron chi connectivity index (χ1n) is 11.3. The molecule has 1 unspecified atom stereocenters. The number of nitrogens with zero attached hydrogens (tertiary/aromatic N) is 1. The van der Waals surface area contributed by atoms with Crippen molar-refractivity contribution in [2.24, 2.45) is 5.73 Å². The summed E-state index contributed by atoms with van der Waals surface area (Å²) in [4.78, 5) is 14.0. The Morgan fingerprint density at radius 3 is 2.69 bits per heavy atom. The van der Waals surface area contributed by atoms with E-state index in [1.165, 1.54) is 16.7 Å². The van der Waals surface area contributed by atoms with Gasteiger partial charge in [0.15, 0.2) is 0 Å². The number of amides is 1. The molecule has 0 bridgehead atoms. The third-order valence-electron chi connectivity index (χ3n) is 6.25. The fourth-order valence-corrected chi connectivity index (χ4v) is 4.63. The number of fused-ring (bicyclic) bond motifs is 1. The van der Waals surface area contributed by atoms with Crippen LogP contribution in [0, 0.1) is 0 Å². The standard InChI is InChI=1S/C26H31ClN4O/c1-3-25(32)31-14-11-18(12-15-31)19-4-9-22-23(16-19)24(10-13-29-26(22)17(2)28)30-21-7-5-20(27)6-8-21/h4-9,11,16,24,29-30H,3,10,12-15,28H2,1-2H3/b26-17-. The Balaban J connectivity index is 1.69. The zero-order valence-corrected chi connectivity index (χ0v) is 19.5. The van der Waals surface area contributed by atoms with Gasteiger partial charge in [0.1, 0.15) is 0 Å². The summed E-state index contributed by atoms with van der Waals surface area (Å²) in [6.45, 7) is 6.14. The smallest absolute Gasteiger partial charge is 0.222 e. The average molecular weight is 451 g/mol. The number of nitrogens with two attached hydrogens (primary N) is 1. The highest BCUT2D eigenvalue weighted by Gasteiger charge is 2.24. The van der Waals surface area contributed by atoms with E-state index in [1.54, 1.807) is 0 Å². The van der Waals surface area contributed by atoms with Gasteiger partial charge >= 0.3 is 0 Å². The van der Waals surface area contributed by atoms with E-state index in [-0.39, 0.29) is 11.9 Å². The third kappa shape index (κ3) is 4.78. The van der Waals surface area contributed by atoms with Crippen molar-refractivity contribution in [3.05, 3.63) is 76.0 Å². The van der Waals surface area contributed by atoms with Gasteiger partial charge in [0.05, 0.1) is 11.7 Å². The lowest BCUT2D eigenvalue weighted by atomic mass is 9.90. The van der Waals surface area contributed by atoms with Crippen LogP contribution in [0.4, 0.5) is 5.69 Å².